The molecule has 1 aliphatic heterocycles. The van der Waals surface area contributed by atoms with Crippen LogP contribution in [0.15, 0.2) is 11.6 Å². The fourth-order valence-electron chi connectivity index (χ4n) is 2.01. The Bertz CT molecular complexity index is 443. The molecule has 3 rings (SSSR count). The fraction of sp³-hybridized carbons (Fsp3) is 0.500. The molecular weight excluding hydrogens is 222 g/mol. The first-order valence-electron chi connectivity index (χ1n) is 5.46. The molecule has 1 aliphatic rings. The molecule has 16 heavy (non-hydrogen) atoms. The first kappa shape index (κ1) is 9.92. The lowest BCUT2D eigenvalue weighted by Crippen LogP contribution is -2.23. The fourth-order valence-corrected chi connectivity index (χ4v) is 2.79. The van der Waals surface area contributed by atoms with Crippen molar-refractivity contribution in [3.63, 3.8) is 0 Å². The van der Waals surface area contributed by atoms with E-state index in [-0.39, 0.29) is 0 Å². The number of H-pyrrole nitrogens is 1. The highest BCUT2D eigenvalue weighted by Gasteiger charge is 2.16. The molecule has 5 nitrogen and oxygen atoms in total. The van der Waals surface area contributed by atoms with E-state index in [1.54, 1.807) is 17.5 Å². The zero-order valence-electron chi connectivity index (χ0n) is 8.81. The number of hydrogen-bond donors (Lipinski definition) is 2. The van der Waals surface area contributed by atoms with Crippen LogP contribution in [0.2, 0.25) is 0 Å². The third kappa shape index (κ3) is 1.98. The Balaban J connectivity index is 1.72. The van der Waals surface area contributed by atoms with Gasteiger partial charge in [0.2, 0.25) is 0 Å². The summed E-state index contributed by atoms with van der Waals surface area (Å²) in [5.41, 5.74) is 1.98. The average Bonchev–Trinajstić information content (AvgIpc) is 2.99. The quantitative estimate of drug-likeness (QED) is 0.839. The maximum Gasteiger partial charge on any atom is 0.145 e. The first-order valence-corrected chi connectivity index (χ1v) is 6.34. The monoisotopic (exact) mass is 235 g/mol. The third-order valence-electron chi connectivity index (χ3n) is 2.80. The molecule has 0 radical (unpaired) electrons. The minimum absolute atomic E-state index is 0.604. The van der Waals surface area contributed by atoms with Crippen molar-refractivity contribution in [1.29, 1.82) is 0 Å². The van der Waals surface area contributed by atoms with E-state index in [2.05, 4.69) is 31.1 Å². The second-order valence-electron chi connectivity index (χ2n) is 4.00. The summed E-state index contributed by atoms with van der Waals surface area (Å²) >= 11 is 1.63. The molecule has 0 bridgehead atoms. The van der Waals surface area contributed by atoms with E-state index in [1.807, 2.05) is 0 Å². The number of nitrogens with one attached hydrogen (secondary N) is 2. The molecule has 6 heteroatoms. The van der Waals surface area contributed by atoms with Gasteiger partial charge >= 0.3 is 0 Å². The number of rotatable bonds is 3. The summed E-state index contributed by atoms with van der Waals surface area (Å²) in [5.74, 6) is 0. The van der Waals surface area contributed by atoms with Gasteiger partial charge in [-0.15, -0.1) is 11.3 Å². The largest absolute Gasteiger partial charge is 0.314 e. The summed E-state index contributed by atoms with van der Waals surface area (Å²) in [4.78, 5) is 4.57. The highest BCUT2D eigenvalue weighted by Crippen LogP contribution is 2.22. The number of aromatic nitrogens is 4. The highest BCUT2D eigenvalue weighted by molar-refractivity contribution is 7.13. The zero-order chi connectivity index (χ0) is 10.8. The molecule has 0 aliphatic carbocycles. The molecule has 1 atom stereocenters. The van der Waals surface area contributed by atoms with Crippen LogP contribution < -0.4 is 5.32 Å². The van der Waals surface area contributed by atoms with Crippen LogP contribution in [0.4, 0.5) is 0 Å². The molecule has 0 spiro atoms. The normalized spacial score (nSPS) is 20.4. The number of hydrogen-bond acceptors (Lipinski definition) is 5. The summed E-state index contributed by atoms with van der Waals surface area (Å²) in [7, 11) is 0. The highest BCUT2D eigenvalue weighted by atomic mass is 32.1. The minimum atomic E-state index is 0.604. The van der Waals surface area contributed by atoms with Crippen LogP contribution in [-0.4, -0.2) is 33.0 Å². The van der Waals surface area contributed by atoms with E-state index in [0.717, 1.165) is 29.4 Å². The molecule has 1 unspecified atom stereocenters. The van der Waals surface area contributed by atoms with Crippen LogP contribution in [0.3, 0.4) is 0 Å². The molecule has 1 fully saturated rings. The molecule has 0 saturated carbocycles. The summed E-state index contributed by atoms with van der Waals surface area (Å²) in [5, 5.41) is 17.0. The van der Waals surface area contributed by atoms with E-state index in [9.17, 15) is 0 Å². The molecule has 0 aromatic carbocycles. The van der Waals surface area contributed by atoms with Gasteiger partial charge in [0.25, 0.3) is 0 Å². The predicted molar refractivity (Wildman–Crippen MR) is 62.2 cm³/mol. The first-order chi connectivity index (χ1) is 7.92. The lowest BCUT2D eigenvalue weighted by atomic mass is 10.1. The second kappa shape index (κ2) is 4.31. The molecule has 2 N–H and O–H groups in total. The van der Waals surface area contributed by atoms with Crippen LogP contribution in [0.1, 0.15) is 18.5 Å². The van der Waals surface area contributed by atoms with Crippen molar-refractivity contribution in [2.75, 3.05) is 6.54 Å². The standard InChI is InChI=1S/C10H13N5S/c1-2-7(11-3-1)4-8-6-16-10(13-8)9-5-12-15-14-9/h5-7,11H,1-4H2,(H,12,14,15). The SMILES string of the molecule is c1sc(-c2cn[nH]n2)nc1CC1CCCN1. The Kier molecular flexibility index (Phi) is 2.67. The number of nitrogens with zero attached hydrogens (tertiary/aromatic N) is 3. The molecule has 3 heterocycles. The Labute approximate surface area is 97.3 Å². The smallest absolute Gasteiger partial charge is 0.145 e. The molecule has 1 saturated heterocycles. The van der Waals surface area contributed by atoms with Gasteiger partial charge in [-0.1, -0.05) is 0 Å². The molecule has 84 valence electrons. The summed E-state index contributed by atoms with van der Waals surface area (Å²) < 4.78 is 0. The Morgan fingerprint density at radius 1 is 1.50 bits per heavy atom. The van der Waals surface area contributed by atoms with Gasteiger partial charge < -0.3 is 5.32 Å². The number of thiazole rings is 1. The van der Waals surface area contributed by atoms with E-state index in [4.69, 9.17) is 0 Å². The van der Waals surface area contributed by atoms with E-state index < -0.39 is 0 Å². The van der Waals surface area contributed by atoms with Crippen LogP contribution in [-0.2, 0) is 6.42 Å². The average molecular weight is 235 g/mol. The van der Waals surface area contributed by atoms with Gasteiger partial charge in [0.15, 0.2) is 0 Å². The minimum Gasteiger partial charge on any atom is -0.314 e. The van der Waals surface area contributed by atoms with Gasteiger partial charge in [-0.3, -0.25) is 0 Å². The lowest BCUT2D eigenvalue weighted by molar-refractivity contribution is 0.597. The predicted octanol–water partition coefficient (Wildman–Crippen LogP) is 1.22. The van der Waals surface area contributed by atoms with Crippen molar-refractivity contribution in [2.24, 2.45) is 0 Å². The molecular formula is C10H13N5S. The maximum absolute atomic E-state index is 4.57. The van der Waals surface area contributed by atoms with Crippen LogP contribution >= 0.6 is 11.3 Å². The Hall–Kier alpha value is -1.27. The van der Waals surface area contributed by atoms with E-state index in [0.29, 0.717) is 6.04 Å². The van der Waals surface area contributed by atoms with Crippen molar-refractivity contribution < 1.29 is 0 Å². The van der Waals surface area contributed by atoms with Gasteiger partial charge in [-0.25, -0.2) is 4.98 Å². The summed E-state index contributed by atoms with van der Waals surface area (Å²) in [6.45, 7) is 1.14. The summed E-state index contributed by atoms with van der Waals surface area (Å²) in [6.07, 6.45) is 5.27. The van der Waals surface area contributed by atoms with E-state index in [1.165, 1.54) is 12.8 Å². The van der Waals surface area contributed by atoms with Crippen LogP contribution in [0.5, 0.6) is 0 Å². The molecule has 0 amide bonds. The zero-order valence-corrected chi connectivity index (χ0v) is 9.63. The summed E-state index contributed by atoms with van der Waals surface area (Å²) in [6, 6.07) is 0.604. The number of aromatic amines is 1. The van der Waals surface area contributed by atoms with Crippen LogP contribution in [0.25, 0.3) is 10.7 Å². The Morgan fingerprint density at radius 3 is 3.25 bits per heavy atom. The molecule has 2 aromatic heterocycles. The van der Waals surface area contributed by atoms with Gasteiger partial charge in [-0.05, 0) is 19.4 Å². The lowest BCUT2D eigenvalue weighted by Gasteiger charge is -2.06. The van der Waals surface area contributed by atoms with Gasteiger partial charge in [0.1, 0.15) is 10.7 Å². The van der Waals surface area contributed by atoms with Crippen molar-refractivity contribution in [3.8, 4) is 10.7 Å². The maximum atomic E-state index is 4.57. The van der Waals surface area contributed by atoms with Crippen molar-refractivity contribution in [2.45, 2.75) is 25.3 Å². The van der Waals surface area contributed by atoms with Gasteiger partial charge in [0, 0.05) is 17.8 Å². The van der Waals surface area contributed by atoms with Crippen molar-refractivity contribution in [3.05, 3.63) is 17.3 Å². The van der Waals surface area contributed by atoms with Gasteiger partial charge in [0.05, 0.1) is 11.9 Å². The molecule has 2 aromatic rings. The third-order valence-corrected chi connectivity index (χ3v) is 3.72. The van der Waals surface area contributed by atoms with E-state index >= 15 is 0 Å². The van der Waals surface area contributed by atoms with Crippen LogP contribution in [0, 0.1) is 0 Å². The topological polar surface area (TPSA) is 66.5 Å². The van der Waals surface area contributed by atoms with Crippen molar-refractivity contribution in [1.82, 2.24) is 25.7 Å². The van der Waals surface area contributed by atoms with Crippen molar-refractivity contribution >= 4 is 11.3 Å². The Morgan fingerprint density at radius 2 is 2.50 bits per heavy atom. The second-order valence-corrected chi connectivity index (χ2v) is 4.85. The van der Waals surface area contributed by atoms with Gasteiger partial charge in [-0.2, -0.15) is 15.4 Å².